The fourth-order valence-corrected chi connectivity index (χ4v) is 3.06. The number of nitrogen functional groups attached to an aromatic ring is 1. The summed E-state index contributed by atoms with van der Waals surface area (Å²) in [6, 6.07) is 5.07. The Morgan fingerprint density at radius 3 is 2.84 bits per heavy atom. The van der Waals surface area contributed by atoms with Gasteiger partial charge in [-0.05, 0) is 18.2 Å². The number of benzene rings is 1. The second-order valence-corrected chi connectivity index (χ2v) is 5.70. The number of anilines is 2. The Kier molecular flexibility index (Phi) is 2.46. The van der Waals surface area contributed by atoms with Gasteiger partial charge in [-0.15, -0.1) is 0 Å². The molecule has 0 atom stereocenters. The highest BCUT2D eigenvalue weighted by atomic mass is 32.2. The number of rotatable bonds is 3. The van der Waals surface area contributed by atoms with Gasteiger partial charge in [0.05, 0.1) is 11.9 Å². The van der Waals surface area contributed by atoms with Crippen molar-refractivity contribution < 1.29 is 8.42 Å². The molecule has 0 aliphatic carbocycles. The molecule has 2 aromatic heterocycles. The van der Waals surface area contributed by atoms with Crippen LogP contribution in [0.2, 0.25) is 0 Å². The molecule has 0 aliphatic rings. The van der Waals surface area contributed by atoms with Crippen LogP contribution in [0.15, 0.2) is 41.7 Å². The summed E-state index contributed by atoms with van der Waals surface area (Å²) in [5, 5.41) is 6.78. The van der Waals surface area contributed by atoms with Gasteiger partial charge in [-0.3, -0.25) is 9.82 Å². The van der Waals surface area contributed by atoms with Gasteiger partial charge >= 0.3 is 0 Å². The predicted octanol–water partition coefficient (Wildman–Crippen LogP) is 1.27. The first-order chi connectivity index (χ1) is 9.06. The van der Waals surface area contributed by atoms with E-state index in [2.05, 4.69) is 19.9 Å². The van der Waals surface area contributed by atoms with E-state index in [-0.39, 0.29) is 4.90 Å². The molecule has 0 aliphatic heterocycles. The van der Waals surface area contributed by atoms with Crippen LogP contribution in [-0.2, 0) is 10.0 Å². The van der Waals surface area contributed by atoms with Crippen molar-refractivity contribution in [3.05, 3.63) is 36.8 Å². The van der Waals surface area contributed by atoms with Crippen LogP contribution in [0.25, 0.3) is 10.9 Å². The van der Waals surface area contributed by atoms with Crippen molar-refractivity contribution in [1.82, 2.24) is 15.2 Å². The summed E-state index contributed by atoms with van der Waals surface area (Å²) in [4.78, 5) is 3.05. The molecular formula is C11H11N5O2S. The normalized spacial score (nSPS) is 11.8. The molecule has 0 unspecified atom stereocenters. The van der Waals surface area contributed by atoms with Crippen LogP contribution in [0.3, 0.4) is 0 Å². The summed E-state index contributed by atoms with van der Waals surface area (Å²) in [5.74, 6) is 0. The highest BCUT2D eigenvalue weighted by molar-refractivity contribution is 7.93. The number of hydrogen-bond acceptors (Lipinski definition) is 4. The van der Waals surface area contributed by atoms with E-state index < -0.39 is 10.0 Å². The quantitative estimate of drug-likeness (QED) is 0.539. The smallest absolute Gasteiger partial charge is 0.264 e. The summed E-state index contributed by atoms with van der Waals surface area (Å²) in [7, 11) is -3.68. The van der Waals surface area contributed by atoms with Crippen LogP contribution in [-0.4, -0.2) is 23.6 Å². The van der Waals surface area contributed by atoms with Gasteiger partial charge in [0, 0.05) is 29.0 Å². The molecule has 8 heteroatoms. The van der Waals surface area contributed by atoms with E-state index in [1.807, 2.05) is 0 Å². The Hall–Kier alpha value is -2.48. The van der Waals surface area contributed by atoms with E-state index in [0.29, 0.717) is 22.3 Å². The number of hydrogen-bond donors (Lipinski definition) is 4. The van der Waals surface area contributed by atoms with Crippen LogP contribution in [0, 0.1) is 0 Å². The topological polar surface area (TPSA) is 117 Å². The number of nitrogens with one attached hydrogen (secondary N) is 3. The van der Waals surface area contributed by atoms with Crippen molar-refractivity contribution >= 4 is 32.3 Å². The number of sulfonamides is 1. The number of nitrogens with zero attached hydrogens (tertiary/aromatic N) is 1. The van der Waals surface area contributed by atoms with Crippen LogP contribution in [0.4, 0.5) is 11.4 Å². The van der Waals surface area contributed by atoms with Gasteiger partial charge in [0.15, 0.2) is 0 Å². The zero-order valence-corrected chi connectivity index (χ0v) is 10.5. The molecule has 0 fully saturated rings. The first-order valence-corrected chi connectivity index (χ1v) is 6.93. The van der Waals surface area contributed by atoms with Gasteiger partial charge in [0.25, 0.3) is 10.0 Å². The predicted molar refractivity (Wildman–Crippen MR) is 72.1 cm³/mol. The van der Waals surface area contributed by atoms with Crippen molar-refractivity contribution in [2.75, 3.05) is 10.5 Å². The Morgan fingerprint density at radius 2 is 2.11 bits per heavy atom. The van der Waals surface area contributed by atoms with Gasteiger partial charge < -0.3 is 10.7 Å². The highest BCUT2D eigenvalue weighted by Crippen LogP contribution is 2.26. The third-order valence-corrected chi connectivity index (χ3v) is 4.13. The number of fused-ring (bicyclic) bond motifs is 1. The second-order valence-electron chi connectivity index (χ2n) is 4.05. The fraction of sp³-hybridized carbons (Fsp3) is 0. The minimum Gasteiger partial charge on any atom is -0.399 e. The summed E-state index contributed by atoms with van der Waals surface area (Å²) < 4.78 is 27.0. The molecule has 2 heterocycles. The first kappa shape index (κ1) is 11.6. The molecular weight excluding hydrogens is 266 g/mol. The Balaban J connectivity index is 2.10. The average Bonchev–Trinajstić information content (AvgIpc) is 2.96. The van der Waals surface area contributed by atoms with Crippen molar-refractivity contribution in [2.24, 2.45) is 0 Å². The maximum Gasteiger partial charge on any atom is 0.264 e. The summed E-state index contributed by atoms with van der Waals surface area (Å²) in [6.45, 7) is 0. The van der Waals surface area contributed by atoms with Gasteiger partial charge in [-0.1, -0.05) is 0 Å². The van der Waals surface area contributed by atoms with Crippen molar-refractivity contribution in [1.29, 1.82) is 0 Å². The minimum atomic E-state index is -3.68. The molecule has 7 nitrogen and oxygen atoms in total. The lowest BCUT2D eigenvalue weighted by molar-refractivity contribution is 0.602. The third-order valence-electron chi connectivity index (χ3n) is 2.71. The van der Waals surface area contributed by atoms with E-state index >= 15 is 0 Å². The van der Waals surface area contributed by atoms with Crippen molar-refractivity contribution in [3.8, 4) is 0 Å². The van der Waals surface area contributed by atoms with Gasteiger partial charge in [-0.25, -0.2) is 8.42 Å². The number of aromatic amines is 2. The molecule has 3 rings (SSSR count). The molecule has 0 saturated carbocycles. The zero-order chi connectivity index (χ0) is 13.5. The van der Waals surface area contributed by atoms with E-state index in [1.54, 1.807) is 18.2 Å². The fourth-order valence-electron chi connectivity index (χ4n) is 1.85. The Labute approximate surface area is 108 Å². The molecule has 3 aromatic rings. The number of H-pyrrole nitrogens is 2. The molecule has 5 N–H and O–H groups in total. The van der Waals surface area contributed by atoms with Gasteiger partial charge in [0.2, 0.25) is 0 Å². The maximum absolute atomic E-state index is 12.3. The lowest BCUT2D eigenvalue weighted by Crippen LogP contribution is -2.12. The zero-order valence-electron chi connectivity index (χ0n) is 9.71. The summed E-state index contributed by atoms with van der Waals surface area (Å²) >= 11 is 0. The molecule has 0 spiro atoms. The van der Waals surface area contributed by atoms with Gasteiger partial charge in [-0.2, -0.15) is 5.10 Å². The van der Waals surface area contributed by atoms with Gasteiger partial charge in [0.1, 0.15) is 4.90 Å². The van der Waals surface area contributed by atoms with Crippen molar-refractivity contribution in [3.63, 3.8) is 0 Å². The lowest BCUT2D eigenvalue weighted by atomic mass is 10.2. The van der Waals surface area contributed by atoms with E-state index in [0.717, 1.165) is 0 Å². The first-order valence-electron chi connectivity index (χ1n) is 5.44. The number of nitrogens with two attached hydrogens (primary N) is 1. The van der Waals surface area contributed by atoms with Crippen LogP contribution in [0.1, 0.15) is 0 Å². The number of aromatic nitrogens is 3. The molecule has 98 valence electrons. The molecule has 1 aromatic carbocycles. The Bertz CT molecular complexity index is 820. The maximum atomic E-state index is 12.3. The largest absolute Gasteiger partial charge is 0.399 e. The lowest BCUT2D eigenvalue weighted by Gasteiger charge is -2.04. The molecule has 0 bridgehead atoms. The van der Waals surface area contributed by atoms with Crippen LogP contribution in [0.5, 0.6) is 0 Å². The molecule has 0 saturated heterocycles. The van der Waals surface area contributed by atoms with E-state index in [9.17, 15) is 8.42 Å². The van der Waals surface area contributed by atoms with Crippen molar-refractivity contribution in [2.45, 2.75) is 4.90 Å². The molecule has 19 heavy (non-hydrogen) atoms. The van der Waals surface area contributed by atoms with E-state index in [1.165, 1.54) is 18.6 Å². The minimum absolute atomic E-state index is 0.149. The Morgan fingerprint density at radius 1 is 1.26 bits per heavy atom. The summed E-state index contributed by atoms with van der Waals surface area (Å²) in [6.07, 6.45) is 4.29. The third kappa shape index (κ3) is 2.02. The van der Waals surface area contributed by atoms with Crippen LogP contribution >= 0.6 is 0 Å². The average molecular weight is 277 g/mol. The second kappa shape index (κ2) is 4.02. The molecule has 0 amide bonds. The van der Waals surface area contributed by atoms with E-state index in [4.69, 9.17) is 5.73 Å². The SMILES string of the molecule is Nc1ccc2[nH]cc(S(=O)(=O)Nc3cn[nH]c3)c2c1. The van der Waals surface area contributed by atoms with Crippen LogP contribution < -0.4 is 10.5 Å². The standard InChI is InChI=1S/C11H11N5O2S/c12-7-1-2-10-9(3-7)11(6-13-10)19(17,18)16-8-4-14-15-5-8/h1-6,13,16H,12H2,(H,14,15). The monoisotopic (exact) mass is 277 g/mol. The molecule has 0 radical (unpaired) electrons. The summed E-state index contributed by atoms with van der Waals surface area (Å²) in [5.41, 5.74) is 7.28. The highest BCUT2D eigenvalue weighted by Gasteiger charge is 2.19.